The minimum absolute atomic E-state index is 0.178. The summed E-state index contributed by atoms with van der Waals surface area (Å²) in [6.45, 7) is 2.02. The molecule has 1 amide bonds. The molecule has 0 unspecified atom stereocenters. The third-order valence-electron chi connectivity index (χ3n) is 3.87. The number of hydrogen-bond acceptors (Lipinski definition) is 5. The summed E-state index contributed by atoms with van der Waals surface area (Å²) in [6, 6.07) is 0.204. The first kappa shape index (κ1) is 16.8. The lowest BCUT2D eigenvalue weighted by molar-refractivity contribution is 0.0922. The van der Waals surface area contributed by atoms with Crippen LogP contribution in [-0.4, -0.2) is 32.0 Å². The maximum absolute atomic E-state index is 12.2. The van der Waals surface area contributed by atoms with Crippen LogP contribution in [0.25, 0.3) is 0 Å². The Hall–Kier alpha value is -1.05. The number of aromatic nitrogens is 3. The van der Waals surface area contributed by atoms with Crippen molar-refractivity contribution >= 4 is 40.6 Å². The average Bonchev–Trinajstić information content (AvgIpc) is 3.06. The molecule has 8 heteroatoms. The van der Waals surface area contributed by atoms with Crippen molar-refractivity contribution in [2.24, 2.45) is 7.05 Å². The molecule has 0 saturated heterocycles. The van der Waals surface area contributed by atoms with Crippen molar-refractivity contribution in [1.29, 1.82) is 0 Å². The molecule has 1 fully saturated rings. The van der Waals surface area contributed by atoms with Gasteiger partial charge < -0.3 is 5.32 Å². The van der Waals surface area contributed by atoms with E-state index in [0.29, 0.717) is 16.0 Å². The highest BCUT2D eigenvalue weighted by Gasteiger charge is 2.25. The Balaban J connectivity index is 1.49. The van der Waals surface area contributed by atoms with Gasteiger partial charge in [-0.25, -0.2) is 4.98 Å². The number of aryl methyl sites for hydroxylation is 2. The number of halogens is 1. The molecule has 23 heavy (non-hydrogen) atoms. The number of hydrogen-bond donors (Lipinski definition) is 1. The fourth-order valence-corrected chi connectivity index (χ4v) is 5.27. The number of nitrogens with one attached hydrogen (secondary N) is 1. The van der Waals surface area contributed by atoms with E-state index in [-0.39, 0.29) is 11.9 Å². The third kappa shape index (κ3) is 4.28. The highest BCUT2D eigenvalue weighted by Crippen LogP contribution is 2.35. The van der Waals surface area contributed by atoms with E-state index in [0.717, 1.165) is 35.7 Å². The molecule has 0 atom stereocenters. The first-order valence-electron chi connectivity index (χ1n) is 7.60. The summed E-state index contributed by atoms with van der Waals surface area (Å²) in [5.74, 6) is -0.178. The summed E-state index contributed by atoms with van der Waals surface area (Å²) in [5, 5.41) is 10.2. The summed E-state index contributed by atoms with van der Waals surface area (Å²) in [7, 11) is 1.76. The Labute approximate surface area is 148 Å². The van der Waals surface area contributed by atoms with E-state index in [9.17, 15) is 4.79 Å². The van der Waals surface area contributed by atoms with E-state index in [1.165, 1.54) is 0 Å². The molecular formula is C15H19ClN4OS2. The summed E-state index contributed by atoms with van der Waals surface area (Å²) in [4.78, 5) is 16.7. The van der Waals surface area contributed by atoms with Gasteiger partial charge in [-0.1, -0.05) is 23.4 Å². The summed E-state index contributed by atoms with van der Waals surface area (Å²) in [5.41, 5.74) is 1.40. The fraction of sp³-hybridized carbons (Fsp3) is 0.533. The maximum Gasteiger partial charge on any atom is 0.273 e. The van der Waals surface area contributed by atoms with Gasteiger partial charge in [0.05, 0.1) is 5.02 Å². The SMILES string of the molecule is Cc1csc(SC2CCC(NC(=O)c3nn(C)cc3Cl)CC2)n1. The molecule has 2 aromatic rings. The van der Waals surface area contributed by atoms with Crippen LogP contribution in [0.1, 0.15) is 41.9 Å². The van der Waals surface area contributed by atoms with Gasteiger partial charge >= 0.3 is 0 Å². The van der Waals surface area contributed by atoms with Crippen LogP contribution in [0.5, 0.6) is 0 Å². The van der Waals surface area contributed by atoms with Crippen LogP contribution < -0.4 is 5.32 Å². The van der Waals surface area contributed by atoms with Gasteiger partial charge in [-0.05, 0) is 32.6 Å². The minimum atomic E-state index is -0.178. The van der Waals surface area contributed by atoms with Gasteiger partial charge in [0.15, 0.2) is 5.69 Å². The quantitative estimate of drug-likeness (QED) is 0.891. The van der Waals surface area contributed by atoms with Gasteiger partial charge in [0.1, 0.15) is 4.34 Å². The lowest BCUT2D eigenvalue weighted by Gasteiger charge is -2.28. The molecule has 0 radical (unpaired) electrons. The van der Waals surface area contributed by atoms with E-state index < -0.39 is 0 Å². The molecule has 0 bridgehead atoms. The van der Waals surface area contributed by atoms with Crippen LogP contribution >= 0.6 is 34.7 Å². The van der Waals surface area contributed by atoms with Gasteiger partial charge in [0.25, 0.3) is 5.91 Å². The number of rotatable bonds is 4. The molecule has 3 rings (SSSR count). The van der Waals surface area contributed by atoms with Crippen molar-refractivity contribution in [3.05, 3.63) is 28.0 Å². The van der Waals surface area contributed by atoms with Crippen LogP contribution in [0.3, 0.4) is 0 Å². The van der Waals surface area contributed by atoms with Crippen LogP contribution in [0.4, 0.5) is 0 Å². The molecule has 1 aliphatic rings. The third-order valence-corrected chi connectivity index (χ3v) is 6.58. The van der Waals surface area contributed by atoms with E-state index in [4.69, 9.17) is 11.6 Å². The van der Waals surface area contributed by atoms with Gasteiger partial charge in [-0.2, -0.15) is 5.10 Å². The normalized spacial score (nSPS) is 21.3. The summed E-state index contributed by atoms with van der Waals surface area (Å²) < 4.78 is 2.70. The van der Waals surface area contributed by atoms with E-state index >= 15 is 0 Å². The van der Waals surface area contributed by atoms with Crippen LogP contribution in [0.15, 0.2) is 15.9 Å². The molecule has 0 aliphatic heterocycles. The molecule has 0 aromatic carbocycles. The summed E-state index contributed by atoms with van der Waals surface area (Å²) >= 11 is 9.60. The molecule has 2 aromatic heterocycles. The van der Waals surface area contributed by atoms with Gasteiger partial charge in [-0.3, -0.25) is 9.48 Å². The molecule has 2 heterocycles. The largest absolute Gasteiger partial charge is 0.348 e. The minimum Gasteiger partial charge on any atom is -0.348 e. The monoisotopic (exact) mass is 370 g/mol. The standard InChI is InChI=1S/C15H19ClN4OS2/c1-9-8-22-15(17-9)23-11-5-3-10(4-6-11)18-14(21)13-12(16)7-20(2)19-13/h7-8,10-11H,3-6H2,1-2H3,(H,18,21). The zero-order valence-electron chi connectivity index (χ0n) is 13.1. The Morgan fingerprint density at radius 2 is 2.17 bits per heavy atom. The second-order valence-electron chi connectivity index (χ2n) is 5.82. The van der Waals surface area contributed by atoms with E-state index in [1.54, 1.807) is 29.3 Å². The Kier molecular flexibility index (Phi) is 5.28. The average molecular weight is 371 g/mol. The van der Waals surface area contributed by atoms with Crippen molar-refractivity contribution in [1.82, 2.24) is 20.1 Å². The predicted octanol–water partition coefficient (Wildman–Crippen LogP) is 3.67. The molecule has 1 saturated carbocycles. The number of amides is 1. The molecule has 1 aliphatic carbocycles. The first-order valence-corrected chi connectivity index (χ1v) is 9.74. The van der Waals surface area contributed by atoms with Gasteiger partial charge in [0, 0.05) is 35.6 Å². The van der Waals surface area contributed by atoms with Gasteiger partial charge in [0.2, 0.25) is 0 Å². The van der Waals surface area contributed by atoms with Gasteiger partial charge in [-0.15, -0.1) is 11.3 Å². The molecule has 0 spiro atoms. The molecule has 124 valence electrons. The molecule has 5 nitrogen and oxygen atoms in total. The zero-order chi connectivity index (χ0) is 16.4. The lowest BCUT2D eigenvalue weighted by Crippen LogP contribution is -2.38. The van der Waals surface area contributed by atoms with E-state index in [2.05, 4.69) is 20.8 Å². The molecule has 1 N–H and O–H groups in total. The van der Waals surface area contributed by atoms with Crippen molar-refractivity contribution in [3.8, 4) is 0 Å². The number of thioether (sulfide) groups is 1. The number of carbonyl (C=O) groups is 1. The highest BCUT2D eigenvalue weighted by atomic mass is 35.5. The smallest absolute Gasteiger partial charge is 0.273 e. The van der Waals surface area contributed by atoms with Crippen LogP contribution in [0.2, 0.25) is 5.02 Å². The topological polar surface area (TPSA) is 59.8 Å². The number of carbonyl (C=O) groups excluding carboxylic acids is 1. The van der Waals surface area contributed by atoms with Crippen molar-refractivity contribution in [3.63, 3.8) is 0 Å². The molecular weight excluding hydrogens is 352 g/mol. The maximum atomic E-state index is 12.2. The van der Waals surface area contributed by atoms with Crippen LogP contribution in [0, 0.1) is 6.92 Å². The number of nitrogens with zero attached hydrogens (tertiary/aromatic N) is 3. The van der Waals surface area contributed by atoms with E-state index in [1.807, 2.05) is 18.7 Å². The highest BCUT2D eigenvalue weighted by molar-refractivity contribution is 8.01. The summed E-state index contributed by atoms with van der Waals surface area (Å²) in [6.07, 6.45) is 5.78. The Bertz CT molecular complexity index is 691. The number of thiazole rings is 1. The fourth-order valence-electron chi connectivity index (χ4n) is 2.72. The zero-order valence-corrected chi connectivity index (χ0v) is 15.5. The second-order valence-corrected chi connectivity index (χ2v) is 8.63. The van der Waals surface area contributed by atoms with Crippen LogP contribution in [-0.2, 0) is 7.05 Å². The van der Waals surface area contributed by atoms with Crippen molar-refractivity contribution < 1.29 is 4.79 Å². The first-order chi connectivity index (χ1) is 11.0. The predicted molar refractivity (Wildman–Crippen MR) is 94.4 cm³/mol. The lowest BCUT2D eigenvalue weighted by atomic mass is 9.95. The Morgan fingerprint density at radius 1 is 1.43 bits per heavy atom. The van der Waals surface area contributed by atoms with Crippen molar-refractivity contribution in [2.75, 3.05) is 0 Å². The second kappa shape index (κ2) is 7.23. The Morgan fingerprint density at radius 3 is 2.74 bits per heavy atom. The van der Waals surface area contributed by atoms with Crippen molar-refractivity contribution in [2.45, 2.75) is 48.2 Å².